The van der Waals surface area contributed by atoms with E-state index in [-0.39, 0.29) is 29.2 Å². The normalized spacial score (nSPS) is 23.5. The number of aromatic amines is 1. The van der Waals surface area contributed by atoms with Gasteiger partial charge in [0.05, 0.1) is 17.1 Å². The summed E-state index contributed by atoms with van der Waals surface area (Å²) in [5.41, 5.74) is 1.73. The molecule has 1 aromatic carbocycles. The van der Waals surface area contributed by atoms with Gasteiger partial charge < -0.3 is 15.4 Å². The lowest BCUT2D eigenvalue weighted by Gasteiger charge is -2.47. The Hall–Kier alpha value is -3.95. The third kappa shape index (κ3) is 3.78. The Balaban J connectivity index is 1.47. The molecule has 10 heteroatoms. The minimum atomic E-state index is -0.801. The first-order valence-corrected chi connectivity index (χ1v) is 11.6. The number of nitrogens with one attached hydrogen (secondary N) is 2. The van der Waals surface area contributed by atoms with Crippen LogP contribution in [-0.2, 0) is 4.79 Å². The molecule has 3 fully saturated rings. The van der Waals surface area contributed by atoms with Crippen LogP contribution in [0.1, 0.15) is 25.7 Å². The third-order valence-corrected chi connectivity index (χ3v) is 7.35. The maximum atomic E-state index is 14.3. The summed E-state index contributed by atoms with van der Waals surface area (Å²) < 4.78 is 28.3. The highest BCUT2D eigenvalue weighted by atomic mass is 19.1. The monoisotopic (exact) mass is 476 g/mol. The summed E-state index contributed by atoms with van der Waals surface area (Å²) in [4.78, 5) is 32.4. The molecular formula is C25H22F2N6O2. The van der Waals surface area contributed by atoms with E-state index in [1.807, 2.05) is 0 Å². The van der Waals surface area contributed by atoms with Crippen molar-refractivity contribution in [3.8, 4) is 22.6 Å². The van der Waals surface area contributed by atoms with Crippen molar-refractivity contribution in [2.75, 3.05) is 5.32 Å². The topological polar surface area (TPSA) is 117 Å². The van der Waals surface area contributed by atoms with Crippen LogP contribution >= 0.6 is 0 Å². The standard InChI is InChI=1S/C25H22F2N6O2/c26-15-5-16-17(10-30-23(16)18(27)6-15)24-31-19(14-8-28-11-29-9-14)7-20(33-24)32-22-13-3-1-12(2-4-13)21(22)25(34)35/h5-13,21-22,30H,1-4H2,(H,34,35)(H,31,32,33)/t12?,13?,21-,22-/m0/s1. The van der Waals surface area contributed by atoms with Crippen molar-refractivity contribution in [2.24, 2.45) is 17.8 Å². The van der Waals surface area contributed by atoms with Crippen LogP contribution in [0.25, 0.3) is 33.5 Å². The first kappa shape index (κ1) is 21.6. The van der Waals surface area contributed by atoms with Crippen molar-refractivity contribution in [1.82, 2.24) is 24.9 Å². The molecule has 0 saturated heterocycles. The number of fused-ring (bicyclic) bond motifs is 4. The molecular weight excluding hydrogens is 454 g/mol. The summed E-state index contributed by atoms with van der Waals surface area (Å²) >= 11 is 0. The van der Waals surface area contributed by atoms with Gasteiger partial charge in [0.2, 0.25) is 0 Å². The molecule has 3 N–H and O–H groups in total. The molecule has 0 radical (unpaired) electrons. The van der Waals surface area contributed by atoms with Gasteiger partial charge in [-0.15, -0.1) is 0 Å². The maximum absolute atomic E-state index is 14.3. The predicted octanol–water partition coefficient (Wildman–Crippen LogP) is 4.66. The number of carboxylic acids is 1. The van der Waals surface area contributed by atoms with Crippen molar-refractivity contribution in [3.05, 3.63) is 54.8 Å². The summed E-state index contributed by atoms with van der Waals surface area (Å²) in [5, 5.41) is 13.7. The number of carboxylic acid groups (broad SMARTS) is 1. The Kier molecular flexibility index (Phi) is 5.16. The van der Waals surface area contributed by atoms with Gasteiger partial charge in [-0.2, -0.15) is 0 Å². The maximum Gasteiger partial charge on any atom is 0.308 e. The average Bonchev–Trinajstić information content (AvgIpc) is 3.29. The first-order chi connectivity index (χ1) is 17.0. The molecule has 0 spiro atoms. The van der Waals surface area contributed by atoms with Gasteiger partial charge in [0.1, 0.15) is 23.8 Å². The van der Waals surface area contributed by atoms with Gasteiger partial charge in [0, 0.05) is 53.3 Å². The summed E-state index contributed by atoms with van der Waals surface area (Å²) in [6.07, 6.45) is 9.98. The molecule has 0 aliphatic heterocycles. The average molecular weight is 476 g/mol. The van der Waals surface area contributed by atoms with Crippen LogP contribution in [-0.4, -0.2) is 42.0 Å². The number of halogens is 2. The molecule has 3 aromatic heterocycles. The highest BCUT2D eigenvalue weighted by molar-refractivity contribution is 5.94. The van der Waals surface area contributed by atoms with Crippen molar-refractivity contribution in [3.63, 3.8) is 0 Å². The second-order valence-corrected chi connectivity index (χ2v) is 9.31. The van der Waals surface area contributed by atoms with Gasteiger partial charge in [-0.05, 0) is 43.6 Å². The molecule has 7 rings (SSSR count). The van der Waals surface area contributed by atoms with Crippen LogP contribution in [0.15, 0.2) is 43.1 Å². The van der Waals surface area contributed by atoms with E-state index in [0.717, 1.165) is 31.7 Å². The third-order valence-electron chi connectivity index (χ3n) is 7.35. The smallest absolute Gasteiger partial charge is 0.308 e. The number of carbonyl (C=O) groups is 1. The number of rotatable bonds is 5. The van der Waals surface area contributed by atoms with Crippen molar-refractivity contribution >= 4 is 22.7 Å². The molecule has 3 aliphatic rings. The van der Waals surface area contributed by atoms with E-state index < -0.39 is 23.5 Å². The number of anilines is 1. The Morgan fingerprint density at radius 1 is 1.03 bits per heavy atom. The second kappa shape index (κ2) is 8.37. The summed E-state index contributed by atoms with van der Waals surface area (Å²) in [7, 11) is 0. The molecule has 3 heterocycles. The van der Waals surface area contributed by atoms with E-state index in [2.05, 4.69) is 30.2 Å². The Morgan fingerprint density at radius 2 is 1.77 bits per heavy atom. The molecule has 3 saturated carbocycles. The first-order valence-electron chi connectivity index (χ1n) is 11.6. The van der Waals surface area contributed by atoms with Crippen molar-refractivity contribution in [2.45, 2.75) is 31.7 Å². The van der Waals surface area contributed by atoms with E-state index in [9.17, 15) is 18.7 Å². The zero-order valence-corrected chi connectivity index (χ0v) is 18.6. The molecule has 178 valence electrons. The molecule has 2 bridgehead atoms. The van der Waals surface area contributed by atoms with Gasteiger partial charge in [-0.1, -0.05) is 0 Å². The molecule has 3 aliphatic carbocycles. The summed E-state index contributed by atoms with van der Waals surface area (Å²) in [6.45, 7) is 0. The number of aromatic nitrogens is 5. The van der Waals surface area contributed by atoms with Crippen molar-refractivity contribution < 1.29 is 18.7 Å². The van der Waals surface area contributed by atoms with Crippen LogP contribution in [0.3, 0.4) is 0 Å². The number of aliphatic carboxylic acids is 1. The van der Waals surface area contributed by atoms with Gasteiger partial charge in [0.15, 0.2) is 5.82 Å². The molecule has 35 heavy (non-hydrogen) atoms. The lowest BCUT2D eigenvalue weighted by atomic mass is 9.61. The summed E-state index contributed by atoms with van der Waals surface area (Å²) in [5.74, 6) is -1.64. The van der Waals surface area contributed by atoms with Crippen LogP contribution in [0.2, 0.25) is 0 Å². The molecule has 0 amide bonds. The SMILES string of the molecule is O=C(O)[C@H]1C2CCC(CC2)[C@@H]1Nc1cc(-c2cncnc2)nc(-c2c[nH]c3c(F)cc(F)cc23)n1. The Morgan fingerprint density at radius 3 is 2.51 bits per heavy atom. The van der Waals surface area contributed by atoms with E-state index >= 15 is 0 Å². The Labute approximate surface area is 198 Å². The van der Waals surface area contributed by atoms with Crippen LogP contribution in [0.5, 0.6) is 0 Å². The summed E-state index contributed by atoms with van der Waals surface area (Å²) in [6, 6.07) is 3.53. The van der Waals surface area contributed by atoms with Gasteiger partial charge >= 0.3 is 5.97 Å². The fourth-order valence-corrected chi connectivity index (χ4v) is 5.74. The number of nitrogens with zero attached hydrogens (tertiary/aromatic N) is 4. The molecule has 4 aromatic rings. The minimum Gasteiger partial charge on any atom is -0.481 e. The zero-order valence-electron chi connectivity index (χ0n) is 18.6. The fourth-order valence-electron chi connectivity index (χ4n) is 5.74. The van der Waals surface area contributed by atoms with Gasteiger partial charge in [0.25, 0.3) is 0 Å². The number of hydrogen-bond donors (Lipinski definition) is 3. The highest BCUT2D eigenvalue weighted by Crippen LogP contribution is 2.46. The highest BCUT2D eigenvalue weighted by Gasteiger charge is 2.47. The Bertz CT molecular complexity index is 1420. The fraction of sp³-hybridized carbons (Fsp3) is 0.320. The zero-order chi connectivity index (χ0) is 24.1. The van der Waals surface area contributed by atoms with Crippen LogP contribution < -0.4 is 5.32 Å². The lowest BCUT2D eigenvalue weighted by Crippen LogP contribution is -2.51. The number of H-pyrrole nitrogens is 1. The molecule has 0 unspecified atom stereocenters. The predicted molar refractivity (Wildman–Crippen MR) is 124 cm³/mol. The lowest BCUT2D eigenvalue weighted by molar-refractivity contribution is -0.148. The second-order valence-electron chi connectivity index (χ2n) is 9.31. The van der Waals surface area contributed by atoms with Gasteiger partial charge in [-0.3, -0.25) is 4.79 Å². The molecule has 2 atom stereocenters. The van der Waals surface area contributed by atoms with E-state index in [0.29, 0.717) is 28.0 Å². The van der Waals surface area contributed by atoms with Crippen molar-refractivity contribution in [1.29, 1.82) is 0 Å². The number of hydrogen-bond acceptors (Lipinski definition) is 6. The van der Waals surface area contributed by atoms with Crippen LogP contribution in [0.4, 0.5) is 14.6 Å². The van der Waals surface area contributed by atoms with Gasteiger partial charge in [-0.25, -0.2) is 28.7 Å². The quantitative estimate of drug-likeness (QED) is 0.383. The van der Waals surface area contributed by atoms with E-state index in [1.54, 1.807) is 24.7 Å². The van der Waals surface area contributed by atoms with E-state index in [4.69, 9.17) is 0 Å². The minimum absolute atomic E-state index is 0.137. The molecule has 8 nitrogen and oxygen atoms in total. The largest absolute Gasteiger partial charge is 0.481 e. The number of benzene rings is 1. The van der Waals surface area contributed by atoms with Crippen LogP contribution in [0, 0.1) is 29.4 Å². The van der Waals surface area contributed by atoms with E-state index in [1.165, 1.54) is 12.4 Å².